The lowest BCUT2D eigenvalue weighted by Crippen LogP contribution is -2.26. The van der Waals surface area contributed by atoms with Crippen LogP contribution in [0, 0.1) is 0 Å². The maximum Gasteiger partial charge on any atom is 0.251 e. The third-order valence-electron chi connectivity index (χ3n) is 3.68. The molecule has 2 N–H and O–H groups in total. The molecule has 2 aromatic rings. The molecule has 0 aromatic heterocycles. The van der Waals surface area contributed by atoms with E-state index in [1.807, 2.05) is 24.3 Å². The lowest BCUT2D eigenvalue weighted by molar-refractivity contribution is 0.0954. The van der Waals surface area contributed by atoms with Gasteiger partial charge in [0.15, 0.2) is 0 Å². The second-order valence-electron chi connectivity index (χ2n) is 5.52. The fraction of sp³-hybridized carbons (Fsp3) is 0.211. The van der Waals surface area contributed by atoms with Crippen molar-refractivity contribution < 1.29 is 17.9 Å². The molecule has 0 aliphatic rings. The minimum absolute atomic E-state index is 0.104. The van der Waals surface area contributed by atoms with Crippen molar-refractivity contribution in [1.82, 2.24) is 10.0 Å². The van der Waals surface area contributed by atoms with Gasteiger partial charge in [-0.2, -0.15) is 0 Å². The zero-order valence-corrected chi connectivity index (χ0v) is 15.4. The summed E-state index contributed by atoms with van der Waals surface area (Å²) >= 11 is 0. The minimum Gasteiger partial charge on any atom is -0.497 e. The average Bonchev–Trinajstić information content (AvgIpc) is 2.66. The number of rotatable bonds is 9. The topological polar surface area (TPSA) is 84.5 Å². The summed E-state index contributed by atoms with van der Waals surface area (Å²) in [5.41, 5.74) is 1.46. The summed E-state index contributed by atoms with van der Waals surface area (Å²) < 4.78 is 31.5. The van der Waals surface area contributed by atoms with E-state index in [1.54, 1.807) is 7.11 Å². The van der Waals surface area contributed by atoms with Gasteiger partial charge in [-0.25, -0.2) is 13.1 Å². The van der Waals surface area contributed by atoms with E-state index in [2.05, 4.69) is 16.6 Å². The Hall–Kier alpha value is -2.64. The van der Waals surface area contributed by atoms with E-state index >= 15 is 0 Å². The highest BCUT2D eigenvalue weighted by Gasteiger charge is 2.13. The summed E-state index contributed by atoms with van der Waals surface area (Å²) in [7, 11) is -1.98. The van der Waals surface area contributed by atoms with Crippen molar-refractivity contribution in [3.63, 3.8) is 0 Å². The normalized spacial score (nSPS) is 11.0. The van der Waals surface area contributed by atoms with Gasteiger partial charge in [-0.1, -0.05) is 18.2 Å². The average molecular weight is 374 g/mol. The third-order valence-corrected chi connectivity index (χ3v) is 5.12. The van der Waals surface area contributed by atoms with Gasteiger partial charge in [-0.3, -0.25) is 4.79 Å². The number of carbonyl (C=O) groups is 1. The Bertz CT molecular complexity index is 861. The van der Waals surface area contributed by atoms with Crippen LogP contribution in [0.2, 0.25) is 0 Å². The molecule has 1 amide bonds. The zero-order chi connectivity index (χ0) is 19.0. The van der Waals surface area contributed by atoms with Gasteiger partial charge in [0.2, 0.25) is 10.0 Å². The van der Waals surface area contributed by atoms with Gasteiger partial charge in [0.05, 0.1) is 12.0 Å². The van der Waals surface area contributed by atoms with Crippen molar-refractivity contribution >= 4 is 15.9 Å². The minimum atomic E-state index is -3.59. The molecule has 0 bridgehead atoms. The van der Waals surface area contributed by atoms with Crippen molar-refractivity contribution in [2.45, 2.75) is 11.3 Å². The fourth-order valence-electron chi connectivity index (χ4n) is 2.29. The molecular formula is C19H22N2O4S. The molecule has 0 fully saturated rings. The zero-order valence-electron chi connectivity index (χ0n) is 14.6. The molecule has 0 radical (unpaired) electrons. The largest absolute Gasteiger partial charge is 0.497 e. The monoisotopic (exact) mass is 374 g/mol. The van der Waals surface area contributed by atoms with Gasteiger partial charge in [-0.15, -0.1) is 6.58 Å². The molecule has 26 heavy (non-hydrogen) atoms. The van der Waals surface area contributed by atoms with Crippen molar-refractivity contribution in [3.05, 3.63) is 72.3 Å². The molecule has 0 aliphatic carbocycles. The molecule has 2 rings (SSSR count). The number of carbonyl (C=O) groups excluding carboxylic acids is 1. The van der Waals surface area contributed by atoms with E-state index in [9.17, 15) is 13.2 Å². The van der Waals surface area contributed by atoms with Crippen molar-refractivity contribution in [2.75, 3.05) is 20.2 Å². The number of ether oxygens (including phenoxy) is 1. The number of hydrogen-bond acceptors (Lipinski definition) is 4. The Morgan fingerprint density at radius 3 is 2.58 bits per heavy atom. The summed E-state index contributed by atoms with van der Waals surface area (Å²) in [4.78, 5) is 12.3. The molecule has 0 heterocycles. The van der Waals surface area contributed by atoms with Crippen LogP contribution in [0.1, 0.15) is 15.9 Å². The number of hydrogen-bond donors (Lipinski definition) is 2. The van der Waals surface area contributed by atoms with Gasteiger partial charge in [0, 0.05) is 18.7 Å². The lowest BCUT2D eigenvalue weighted by atomic mass is 10.1. The van der Waals surface area contributed by atoms with E-state index in [4.69, 9.17) is 4.74 Å². The summed E-state index contributed by atoms with van der Waals surface area (Å²) in [6.45, 7) is 4.08. The Morgan fingerprint density at radius 1 is 1.19 bits per heavy atom. The first-order valence-corrected chi connectivity index (χ1v) is 9.56. The van der Waals surface area contributed by atoms with Crippen LogP contribution in [0.3, 0.4) is 0 Å². The van der Waals surface area contributed by atoms with E-state index in [1.165, 1.54) is 30.3 Å². The summed E-state index contributed by atoms with van der Waals surface area (Å²) in [6.07, 6.45) is 2.13. The predicted octanol–water partition coefficient (Wildman–Crippen LogP) is 2.13. The van der Waals surface area contributed by atoms with Crippen LogP contribution in [0.15, 0.2) is 66.1 Å². The summed E-state index contributed by atoms with van der Waals surface area (Å²) in [6, 6.07) is 13.4. The summed E-state index contributed by atoms with van der Waals surface area (Å²) in [5, 5.41) is 2.82. The van der Waals surface area contributed by atoms with Crippen LogP contribution in [-0.2, 0) is 16.4 Å². The standard InChI is InChI=1S/C19H22N2O4S/c1-3-12-21-26(23,24)18-9-7-16(8-10-18)19(22)20-13-11-15-5-4-6-17(14-15)25-2/h3-10,14,21H,1,11-13H2,2H3,(H,20,22). The van der Waals surface area contributed by atoms with E-state index in [0.717, 1.165) is 11.3 Å². The van der Waals surface area contributed by atoms with Crippen LogP contribution in [0.25, 0.3) is 0 Å². The van der Waals surface area contributed by atoms with Gasteiger partial charge >= 0.3 is 0 Å². The second kappa shape index (κ2) is 9.17. The molecule has 0 aliphatic heterocycles. The second-order valence-corrected chi connectivity index (χ2v) is 7.29. The molecule has 2 aromatic carbocycles. The number of amides is 1. The number of benzene rings is 2. The van der Waals surface area contributed by atoms with Crippen LogP contribution in [0.5, 0.6) is 5.75 Å². The van der Waals surface area contributed by atoms with Gasteiger partial charge < -0.3 is 10.1 Å². The van der Waals surface area contributed by atoms with Crippen molar-refractivity contribution in [3.8, 4) is 5.75 Å². The Balaban J connectivity index is 1.92. The first kappa shape index (κ1) is 19.7. The molecule has 0 saturated carbocycles. The number of nitrogens with one attached hydrogen (secondary N) is 2. The lowest BCUT2D eigenvalue weighted by Gasteiger charge is -2.08. The first-order valence-electron chi connectivity index (χ1n) is 8.08. The third kappa shape index (κ3) is 5.44. The predicted molar refractivity (Wildman–Crippen MR) is 101 cm³/mol. The smallest absolute Gasteiger partial charge is 0.251 e. The van der Waals surface area contributed by atoms with E-state index in [-0.39, 0.29) is 17.3 Å². The molecule has 138 valence electrons. The highest BCUT2D eigenvalue weighted by atomic mass is 32.2. The molecule has 0 saturated heterocycles. The Labute approximate surface area is 153 Å². The van der Waals surface area contributed by atoms with Crippen molar-refractivity contribution in [1.29, 1.82) is 0 Å². The highest BCUT2D eigenvalue weighted by Crippen LogP contribution is 2.13. The van der Waals surface area contributed by atoms with Gasteiger partial charge in [0.1, 0.15) is 5.75 Å². The van der Waals surface area contributed by atoms with Crippen LogP contribution in [-0.4, -0.2) is 34.5 Å². The highest BCUT2D eigenvalue weighted by molar-refractivity contribution is 7.89. The molecular weight excluding hydrogens is 352 g/mol. The Kier molecular flexibility index (Phi) is 6.94. The molecule has 6 nitrogen and oxygen atoms in total. The maximum absolute atomic E-state index is 12.2. The van der Waals surface area contributed by atoms with E-state index < -0.39 is 10.0 Å². The SMILES string of the molecule is C=CCNS(=O)(=O)c1ccc(C(=O)NCCc2cccc(OC)c2)cc1. The van der Waals surface area contributed by atoms with Crippen LogP contribution >= 0.6 is 0 Å². The molecule has 0 unspecified atom stereocenters. The number of sulfonamides is 1. The fourth-order valence-corrected chi connectivity index (χ4v) is 3.29. The number of methoxy groups -OCH3 is 1. The van der Waals surface area contributed by atoms with Crippen molar-refractivity contribution in [2.24, 2.45) is 0 Å². The molecule has 0 atom stereocenters. The van der Waals surface area contributed by atoms with Crippen LogP contribution in [0.4, 0.5) is 0 Å². The summed E-state index contributed by atoms with van der Waals surface area (Å²) in [5.74, 6) is 0.520. The first-order chi connectivity index (χ1) is 12.5. The quantitative estimate of drug-likeness (QED) is 0.659. The van der Waals surface area contributed by atoms with Crippen LogP contribution < -0.4 is 14.8 Å². The molecule has 0 spiro atoms. The Morgan fingerprint density at radius 2 is 1.92 bits per heavy atom. The van der Waals surface area contributed by atoms with Gasteiger partial charge in [0.25, 0.3) is 5.91 Å². The maximum atomic E-state index is 12.2. The van der Waals surface area contributed by atoms with Gasteiger partial charge in [-0.05, 0) is 48.4 Å². The molecule has 7 heteroatoms. The van der Waals surface area contributed by atoms with E-state index in [0.29, 0.717) is 18.5 Å².